The molecule has 0 spiro atoms. The first-order valence-corrected chi connectivity index (χ1v) is 9.18. The third-order valence-corrected chi connectivity index (χ3v) is 5.06. The van der Waals surface area contributed by atoms with Crippen molar-refractivity contribution in [2.24, 2.45) is 11.3 Å². The molecule has 0 saturated carbocycles. The van der Waals surface area contributed by atoms with Crippen LogP contribution >= 0.6 is 0 Å². The van der Waals surface area contributed by atoms with Crippen LogP contribution in [0.4, 0.5) is 0 Å². The predicted molar refractivity (Wildman–Crippen MR) is 102 cm³/mol. The number of aryl methyl sites for hydroxylation is 1. The van der Waals surface area contributed by atoms with E-state index in [9.17, 15) is 4.79 Å². The molecular formula is C21H29N3O. The number of rotatable bonds is 4. The molecule has 2 aromatic rings. The summed E-state index contributed by atoms with van der Waals surface area (Å²) in [4.78, 5) is 19.1. The third kappa shape index (κ3) is 4.18. The Hall–Kier alpha value is -1.94. The quantitative estimate of drug-likeness (QED) is 0.927. The summed E-state index contributed by atoms with van der Waals surface area (Å²) >= 11 is 0. The van der Waals surface area contributed by atoms with Gasteiger partial charge in [0.05, 0.1) is 5.52 Å². The van der Waals surface area contributed by atoms with Gasteiger partial charge in [-0.15, -0.1) is 0 Å². The summed E-state index contributed by atoms with van der Waals surface area (Å²) in [6.07, 6.45) is 3.01. The fourth-order valence-electron chi connectivity index (χ4n) is 3.48. The monoisotopic (exact) mass is 339 g/mol. The Labute approximate surface area is 150 Å². The molecule has 25 heavy (non-hydrogen) atoms. The number of carbonyl (C=O) groups excluding carboxylic acids is 1. The molecule has 1 N–H and O–H groups in total. The van der Waals surface area contributed by atoms with Crippen LogP contribution in [0, 0.1) is 18.3 Å². The minimum absolute atomic E-state index is 0.140. The van der Waals surface area contributed by atoms with Crippen molar-refractivity contribution in [3.63, 3.8) is 0 Å². The predicted octanol–water partition coefficient (Wildman–Crippen LogP) is 3.53. The normalized spacial score (nSPS) is 18.6. The topological polar surface area (TPSA) is 45.2 Å². The zero-order valence-corrected chi connectivity index (χ0v) is 15.8. The van der Waals surface area contributed by atoms with Crippen molar-refractivity contribution in [1.82, 2.24) is 15.2 Å². The number of nitrogens with one attached hydrogen (secondary N) is 1. The van der Waals surface area contributed by atoms with Crippen molar-refractivity contribution in [3.8, 4) is 0 Å². The number of hydrogen-bond acceptors (Lipinski definition) is 3. The Kier molecular flexibility index (Phi) is 5.09. The molecule has 1 aliphatic heterocycles. The van der Waals surface area contributed by atoms with Crippen LogP contribution in [0.3, 0.4) is 0 Å². The van der Waals surface area contributed by atoms with Gasteiger partial charge in [-0.05, 0) is 43.0 Å². The van der Waals surface area contributed by atoms with Crippen LogP contribution < -0.4 is 5.32 Å². The Morgan fingerprint density at radius 1 is 1.32 bits per heavy atom. The van der Waals surface area contributed by atoms with Crippen LogP contribution in [0.2, 0.25) is 0 Å². The molecule has 1 aliphatic rings. The molecule has 1 aromatic carbocycles. The smallest absolute Gasteiger partial charge is 0.225 e. The van der Waals surface area contributed by atoms with Gasteiger partial charge < -0.3 is 5.32 Å². The van der Waals surface area contributed by atoms with Crippen molar-refractivity contribution < 1.29 is 4.79 Å². The second-order valence-corrected chi connectivity index (χ2v) is 8.29. The van der Waals surface area contributed by atoms with Crippen LogP contribution in [-0.2, 0) is 11.3 Å². The second-order valence-electron chi connectivity index (χ2n) is 8.29. The third-order valence-electron chi connectivity index (χ3n) is 5.06. The molecule has 134 valence electrons. The van der Waals surface area contributed by atoms with Gasteiger partial charge in [0.25, 0.3) is 0 Å². The van der Waals surface area contributed by atoms with Gasteiger partial charge in [-0.2, -0.15) is 0 Å². The molecule has 0 unspecified atom stereocenters. The highest BCUT2D eigenvalue weighted by atomic mass is 16.2. The van der Waals surface area contributed by atoms with Crippen LogP contribution in [0.5, 0.6) is 0 Å². The van der Waals surface area contributed by atoms with Crippen molar-refractivity contribution in [2.75, 3.05) is 19.6 Å². The number of hydrogen-bond donors (Lipinski definition) is 1. The molecule has 1 aromatic heterocycles. The van der Waals surface area contributed by atoms with Crippen molar-refractivity contribution in [1.29, 1.82) is 0 Å². The minimum atomic E-state index is -0.313. The zero-order chi connectivity index (χ0) is 18.0. The fraction of sp³-hybridized carbons (Fsp3) is 0.524. The molecule has 1 saturated heterocycles. The van der Waals surface area contributed by atoms with Gasteiger partial charge in [0.2, 0.25) is 5.91 Å². The molecule has 1 amide bonds. The number of likely N-dealkylation sites (tertiary alicyclic amines) is 1. The molecule has 0 aliphatic carbocycles. The number of aromatic nitrogens is 1. The Balaban J connectivity index is 1.61. The molecule has 1 fully saturated rings. The summed E-state index contributed by atoms with van der Waals surface area (Å²) in [7, 11) is 0. The molecule has 4 heteroatoms. The molecular weight excluding hydrogens is 310 g/mol. The number of nitrogens with zero attached hydrogens (tertiary/aromatic N) is 2. The van der Waals surface area contributed by atoms with E-state index in [0.29, 0.717) is 5.92 Å². The maximum absolute atomic E-state index is 12.0. The van der Waals surface area contributed by atoms with Gasteiger partial charge in [0.1, 0.15) is 0 Å². The summed E-state index contributed by atoms with van der Waals surface area (Å²) < 4.78 is 0. The van der Waals surface area contributed by atoms with E-state index in [0.717, 1.165) is 38.1 Å². The van der Waals surface area contributed by atoms with Crippen molar-refractivity contribution in [2.45, 2.75) is 40.7 Å². The Morgan fingerprint density at radius 2 is 2.12 bits per heavy atom. The van der Waals surface area contributed by atoms with E-state index in [4.69, 9.17) is 0 Å². The summed E-state index contributed by atoms with van der Waals surface area (Å²) in [5, 5.41) is 4.37. The lowest BCUT2D eigenvalue weighted by atomic mass is 9.95. The van der Waals surface area contributed by atoms with Crippen LogP contribution in [0.25, 0.3) is 10.9 Å². The molecule has 2 heterocycles. The van der Waals surface area contributed by atoms with Gasteiger partial charge in [0, 0.05) is 36.6 Å². The van der Waals surface area contributed by atoms with Crippen LogP contribution in [-0.4, -0.2) is 35.4 Å². The molecule has 0 bridgehead atoms. The number of pyridine rings is 1. The maximum atomic E-state index is 12.0. The second kappa shape index (κ2) is 7.12. The van der Waals surface area contributed by atoms with Crippen LogP contribution in [0.1, 0.15) is 38.3 Å². The lowest BCUT2D eigenvalue weighted by Gasteiger charge is -2.20. The minimum Gasteiger partial charge on any atom is -0.355 e. The Bertz CT molecular complexity index is 763. The lowest BCUT2D eigenvalue weighted by Crippen LogP contribution is -2.38. The average Bonchev–Trinajstić information content (AvgIpc) is 3.02. The highest BCUT2D eigenvalue weighted by Gasteiger charge is 2.26. The lowest BCUT2D eigenvalue weighted by molar-refractivity contribution is -0.128. The number of carbonyl (C=O) groups is 1. The van der Waals surface area contributed by atoms with E-state index in [-0.39, 0.29) is 11.3 Å². The first-order valence-electron chi connectivity index (χ1n) is 9.18. The van der Waals surface area contributed by atoms with E-state index in [1.165, 1.54) is 16.5 Å². The maximum Gasteiger partial charge on any atom is 0.225 e. The summed E-state index contributed by atoms with van der Waals surface area (Å²) in [6, 6.07) is 8.58. The number of fused-ring (bicyclic) bond motifs is 1. The van der Waals surface area contributed by atoms with E-state index in [2.05, 4.69) is 40.3 Å². The van der Waals surface area contributed by atoms with Gasteiger partial charge in [-0.1, -0.05) is 39.0 Å². The summed E-state index contributed by atoms with van der Waals surface area (Å²) in [5.74, 6) is 0.683. The van der Waals surface area contributed by atoms with E-state index in [1.54, 1.807) is 0 Å². The van der Waals surface area contributed by atoms with E-state index in [1.807, 2.05) is 33.0 Å². The van der Waals surface area contributed by atoms with Gasteiger partial charge in [-0.25, -0.2) is 0 Å². The van der Waals surface area contributed by atoms with E-state index >= 15 is 0 Å². The molecule has 0 radical (unpaired) electrons. The molecule has 4 nitrogen and oxygen atoms in total. The van der Waals surface area contributed by atoms with Gasteiger partial charge in [0.15, 0.2) is 0 Å². The zero-order valence-electron chi connectivity index (χ0n) is 15.8. The summed E-state index contributed by atoms with van der Waals surface area (Å²) in [5.41, 5.74) is 3.36. The Morgan fingerprint density at radius 3 is 2.88 bits per heavy atom. The van der Waals surface area contributed by atoms with Gasteiger partial charge >= 0.3 is 0 Å². The average molecular weight is 339 g/mol. The SMILES string of the molecule is Cc1ccc(CN2CC[C@@H](CNC(=O)C(C)(C)C)C2)c2cccnc12. The fourth-order valence-corrected chi connectivity index (χ4v) is 3.48. The molecule has 3 rings (SSSR count). The molecule has 1 atom stereocenters. The van der Waals surface area contributed by atoms with Crippen LogP contribution in [0.15, 0.2) is 30.5 Å². The van der Waals surface area contributed by atoms with Crippen molar-refractivity contribution >= 4 is 16.8 Å². The van der Waals surface area contributed by atoms with Crippen molar-refractivity contribution in [3.05, 3.63) is 41.6 Å². The standard InChI is InChI=1S/C21H29N3O/c1-15-7-8-17(18-6-5-10-22-19(15)18)14-24-11-9-16(13-24)12-23-20(25)21(2,3)4/h5-8,10,16H,9,11-14H2,1-4H3,(H,23,25)/t16-/m0/s1. The highest BCUT2D eigenvalue weighted by molar-refractivity contribution is 5.84. The van der Waals surface area contributed by atoms with Gasteiger partial charge in [-0.3, -0.25) is 14.7 Å². The largest absolute Gasteiger partial charge is 0.355 e. The highest BCUT2D eigenvalue weighted by Crippen LogP contribution is 2.24. The number of amides is 1. The number of benzene rings is 1. The first kappa shape index (κ1) is 17.9. The van der Waals surface area contributed by atoms with E-state index < -0.39 is 0 Å². The first-order chi connectivity index (χ1) is 11.8. The summed E-state index contributed by atoms with van der Waals surface area (Å²) in [6.45, 7) is 11.9.